The summed E-state index contributed by atoms with van der Waals surface area (Å²) in [7, 11) is 0. The van der Waals surface area contributed by atoms with E-state index in [4.69, 9.17) is 9.47 Å². The number of hydrogen-bond acceptors (Lipinski definition) is 6. The zero-order valence-electron chi connectivity index (χ0n) is 18.7. The van der Waals surface area contributed by atoms with Crippen molar-refractivity contribution in [3.8, 4) is 0 Å². The predicted molar refractivity (Wildman–Crippen MR) is 110 cm³/mol. The van der Waals surface area contributed by atoms with Gasteiger partial charge in [0.25, 0.3) is 0 Å². The number of fused-ring (bicyclic) bond motifs is 1. The molecule has 0 amide bonds. The Morgan fingerprint density at radius 1 is 1.17 bits per heavy atom. The summed E-state index contributed by atoms with van der Waals surface area (Å²) in [5.74, 6) is -1.51. The standard InChI is InChI=1S/C23H38O6/c1-13(2)16-11-18-23(7,29-18)10-8-9-14(3)20(26)15(4)21(27)22(5,6)17(24)12-19(25)28-16/h14-18,20,24,26H,1,8-12H2,2-7H3/t14-,15+,16-,17-,18-,20-,23+/m0/s1. The van der Waals surface area contributed by atoms with Crippen molar-refractivity contribution in [3.63, 3.8) is 0 Å². The fourth-order valence-electron chi connectivity index (χ4n) is 4.32. The molecule has 0 bridgehead atoms. The van der Waals surface area contributed by atoms with E-state index in [9.17, 15) is 19.8 Å². The molecule has 2 fully saturated rings. The first-order chi connectivity index (χ1) is 13.3. The minimum absolute atomic E-state index is 0.00741. The van der Waals surface area contributed by atoms with Gasteiger partial charge in [0.2, 0.25) is 0 Å². The van der Waals surface area contributed by atoms with E-state index in [0.717, 1.165) is 24.8 Å². The number of aliphatic hydroxyl groups excluding tert-OH is 2. The van der Waals surface area contributed by atoms with Crippen molar-refractivity contribution in [3.05, 3.63) is 12.2 Å². The molecule has 2 aliphatic heterocycles. The minimum Gasteiger partial charge on any atom is -0.458 e. The second-order valence-electron chi connectivity index (χ2n) is 9.93. The number of hydrogen-bond donors (Lipinski definition) is 2. The first-order valence-electron chi connectivity index (χ1n) is 10.7. The van der Waals surface area contributed by atoms with Gasteiger partial charge in [0.15, 0.2) is 0 Å². The van der Waals surface area contributed by atoms with Crippen molar-refractivity contribution < 1.29 is 29.3 Å². The van der Waals surface area contributed by atoms with Crippen LogP contribution < -0.4 is 0 Å². The largest absolute Gasteiger partial charge is 0.458 e. The Labute approximate surface area is 174 Å². The van der Waals surface area contributed by atoms with Gasteiger partial charge in [-0.15, -0.1) is 0 Å². The van der Waals surface area contributed by atoms with Crippen LogP contribution in [0.1, 0.15) is 73.6 Å². The Morgan fingerprint density at radius 3 is 2.38 bits per heavy atom. The summed E-state index contributed by atoms with van der Waals surface area (Å²) in [5, 5.41) is 21.3. The average Bonchev–Trinajstić information content (AvgIpc) is 3.27. The molecule has 0 radical (unpaired) electrons. The van der Waals surface area contributed by atoms with Crippen LogP contribution in [0.15, 0.2) is 12.2 Å². The maximum absolute atomic E-state index is 13.0. The third kappa shape index (κ3) is 5.47. The number of esters is 1. The summed E-state index contributed by atoms with van der Waals surface area (Å²) in [4.78, 5) is 25.5. The lowest BCUT2D eigenvalue weighted by atomic mass is 9.73. The molecule has 0 aromatic rings. The number of Topliss-reactive ketones (excluding diaryl/α,β-unsaturated/α-hetero) is 1. The summed E-state index contributed by atoms with van der Waals surface area (Å²) < 4.78 is 11.5. The molecule has 166 valence electrons. The normalized spacial score (nSPS) is 41.9. The highest BCUT2D eigenvalue weighted by molar-refractivity contribution is 5.87. The fraction of sp³-hybridized carbons (Fsp3) is 0.826. The Morgan fingerprint density at radius 2 is 1.79 bits per heavy atom. The Balaban J connectivity index is 2.24. The van der Waals surface area contributed by atoms with Crippen molar-refractivity contribution >= 4 is 11.8 Å². The molecular weight excluding hydrogens is 372 g/mol. The van der Waals surface area contributed by atoms with Crippen LogP contribution in [0.5, 0.6) is 0 Å². The molecule has 0 aromatic heterocycles. The van der Waals surface area contributed by atoms with E-state index in [1.54, 1.807) is 20.8 Å². The average molecular weight is 411 g/mol. The van der Waals surface area contributed by atoms with Crippen molar-refractivity contribution in [1.29, 1.82) is 0 Å². The molecule has 2 saturated heterocycles. The quantitative estimate of drug-likeness (QED) is 0.392. The number of ketones is 1. The molecule has 0 spiro atoms. The maximum atomic E-state index is 13.0. The molecule has 29 heavy (non-hydrogen) atoms. The van der Waals surface area contributed by atoms with Gasteiger partial charge in [-0.05, 0) is 38.2 Å². The van der Waals surface area contributed by atoms with Gasteiger partial charge >= 0.3 is 5.97 Å². The Hall–Kier alpha value is -1.24. The lowest BCUT2D eigenvalue weighted by molar-refractivity contribution is -0.154. The van der Waals surface area contributed by atoms with Crippen molar-refractivity contribution in [2.75, 3.05) is 0 Å². The van der Waals surface area contributed by atoms with Gasteiger partial charge in [-0.2, -0.15) is 0 Å². The second-order valence-corrected chi connectivity index (χ2v) is 9.93. The van der Waals surface area contributed by atoms with E-state index >= 15 is 0 Å². The van der Waals surface area contributed by atoms with E-state index in [1.807, 2.05) is 13.8 Å². The molecule has 6 nitrogen and oxygen atoms in total. The Kier molecular flexibility index (Phi) is 7.35. The third-order valence-corrected chi connectivity index (χ3v) is 6.96. The van der Waals surface area contributed by atoms with Crippen LogP contribution in [0.3, 0.4) is 0 Å². The van der Waals surface area contributed by atoms with Crippen LogP contribution in [0.2, 0.25) is 0 Å². The van der Waals surface area contributed by atoms with E-state index in [-0.39, 0.29) is 29.8 Å². The van der Waals surface area contributed by atoms with Gasteiger partial charge < -0.3 is 19.7 Å². The molecule has 0 saturated carbocycles. The molecule has 0 unspecified atom stereocenters. The highest BCUT2D eigenvalue weighted by Crippen LogP contribution is 2.44. The van der Waals surface area contributed by atoms with Crippen molar-refractivity contribution in [2.45, 2.75) is 104 Å². The molecule has 2 aliphatic rings. The SMILES string of the molecule is C=C(C)[C@@H]1C[C@@H]2O[C@]2(C)CCC[C@H](C)[C@H](O)[C@@H](C)C(=O)C(C)(C)[C@@H](O)CC(=O)O1. The highest BCUT2D eigenvalue weighted by atomic mass is 16.6. The lowest BCUT2D eigenvalue weighted by Gasteiger charge is -2.34. The van der Waals surface area contributed by atoms with Crippen molar-refractivity contribution in [1.82, 2.24) is 0 Å². The number of carbonyl (C=O) groups excluding carboxylic acids is 2. The number of epoxide rings is 1. The van der Waals surface area contributed by atoms with Gasteiger partial charge in [0.1, 0.15) is 11.9 Å². The summed E-state index contributed by atoms with van der Waals surface area (Å²) in [5.41, 5.74) is -0.703. The van der Waals surface area contributed by atoms with E-state index in [1.165, 1.54) is 0 Å². The third-order valence-electron chi connectivity index (χ3n) is 6.96. The van der Waals surface area contributed by atoms with Crippen molar-refractivity contribution in [2.24, 2.45) is 17.3 Å². The maximum Gasteiger partial charge on any atom is 0.309 e. The molecular formula is C23H38O6. The molecule has 2 heterocycles. The first-order valence-corrected chi connectivity index (χ1v) is 10.7. The van der Waals surface area contributed by atoms with Crippen LogP contribution >= 0.6 is 0 Å². The number of aliphatic hydroxyl groups is 2. The topological polar surface area (TPSA) is 96.4 Å². The summed E-state index contributed by atoms with van der Waals surface area (Å²) in [6, 6.07) is 0. The zero-order valence-corrected chi connectivity index (χ0v) is 18.7. The molecule has 7 atom stereocenters. The van der Waals surface area contributed by atoms with Crippen LogP contribution in [0.4, 0.5) is 0 Å². The van der Waals surface area contributed by atoms with Gasteiger partial charge in [-0.3, -0.25) is 9.59 Å². The smallest absolute Gasteiger partial charge is 0.309 e. The van der Waals surface area contributed by atoms with Gasteiger partial charge in [0.05, 0.1) is 35.7 Å². The lowest BCUT2D eigenvalue weighted by Crippen LogP contribution is -2.45. The van der Waals surface area contributed by atoms with E-state index in [0.29, 0.717) is 6.42 Å². The Bertz CT molecular complexity index is 641. The molecule has 6 heteroatoms. The number of rotatable bonds is 1. The van der Waals surface area contributed by atoms with Crippen LogP contribution in [-0.2, 0) is 19.1 Å². The molecule has 0 aromatic carbocycles. The summed E-state index contributed by atoms with van der Waals surface area (Å²) in [6.45, 7) is 14.7. The van der Waals surface area contributed by atoms with Crippen LogP contribution in [-0.4, -0.2) is 52.0 Å². The molecule has 0 aliphatic carbocycles. The minimum atomic E-state index is -1.20. The van der Waals surface area contributed by atoms with Crippen LogP contribution in [0.25, 0.3) is 0 Å². The van der Waals surface area contributed by atoms with Gasteiger partial charge in [0, 0.05) is 12.3 Å². The number of ether oxygens (including phenoxy) is 2. The fourth-order valence-corrected chi connectivity index (χ4v) is 4.32. The summed E-state index contributed by atoms with van der Waals surface area (Å²) in [6.07, 6.45) is 0.258. The zero-order chi connectivity index (χ0) is 22.1. The van der Waals surface area contributed by atoms with Crippen LogP contribution in [0, 0.1) is 17.3 Å². The summed E-state index contributed by atoms with van der Waals surface area (Å²) >= 11 is 0. The first kappa shape index (κ1) is 24.0. The number of cyclic esters (lactones) is 1. The van der Waals surface area contributed by atoms with E-state index < -0.39 is 35.6 Å². The highest BCUT2D eigenvalue weighted by Gasteiger charge is 2.52. The van der Waals surface area contributed by atoms with E-state index in [2.05, 4.69) is 13.5 Å². The number of carbonyl (C=O) groups is 2. The molecule has 2 N–H and O–H groups in total. The van der Waals surface area contributed by atoms with Gasteiger partial charge in [-0.1, -0.05) is 40.7 Å². The second kappa shape index (κ2) is 8.86. The molecule has 2 rings (SSSR count). The predicted octanol–water partition coefficient (Wildman–Crippen LogP) is 3.19. The van der Waals surface area contributed by atoms with Gasteiger partial charge in [-0.25, -0.2) is 0 Å². The monoisotopic (exact) mass is 410 g/mol.